The summed E-state index contributed by atoms with van der Waals surface area (Å²) in [7, 11) is 0. The molecule has 0 saturated heterocycles. The summed E-state index contributed by atoms with van der Waals surface area (Å²) in [5, 5.41) is 4.70. The topological polar surface area (TPSA) is 29.1 Å². The van der Waals surface area contributed by atoms with Gasteiger partial charge in [0.2, 0.25) is 0 Å². The Hall–Kier alpha value is 0.380. The van der Waals surface area contributed by atoms with Crippen LogP contribution in [-0.4, -0.2) is 16.9 Å². The maximum absolute atomic E-state index is 11.4. The molecule has 1 heterocycles. The van der Waals surface area contributed by atoms with Gasteiger partial charge in [-0.2, -0.15) is 0 Å². The van der Waals surface area contributed by atoms with E-state index in [-0.39, 0.29) is 5.91 Å². The molecule has 5 heteroatoms. The number of thiophene rings is 1. The molecule has 0 aliphatic heterocycles. The molecule has 0 unspecified atom stereocenters. The molecule has 1 rings (SSSR count). The van der Waals surface area contributed by atoms with Gasteiger partial charge in [0.15, 0.2) is 0 Å². The van der Waals surface area contributed by atoms with Crippen LogP contribution in [0.1, 0.15) is 9.67 Å². The number of hydrogen-bond acceptors (Lipinski definition) is 2. The van der Waals surface area contributed by atoms with Gasteiger partial charge < -0.3 is 5.32 Å². The molecule has 0 spiro atoms. The second-order valence-electron chi connectivity index (χ2n) is 2.04. The predicted octanol–water partition coefficient (Wildman–Crippen LogP) is 2.68. The number of amides is 1. The summed E-state index contributed by atoms with van der Waals surface area (Å²) in [5.74, 6) is 0.00791. The molecule has 2 nitrogen and oxygen atoms in total. The van der Waals surface area contributed by atoms with Gasteiger partial charge in [-0.05, 0) is 27.4 Å². The van der Waals surface area contributed by atoms with Crippen molar-refractivity contribution in [1.29, 1.82) is 0 Å². The maximum Gasteiger partial charge on any atom is 0.262 e. The van der Waals surface area contributed by atoms with E-state index in [4.69, 9.17) is 0 Å². The van der Waals surface area contributed by atoms with E-state index in [0.717, 1.165) is 20.3 Å². The van der Waals surface area contributed by atoms with Crippen molar-refractivity contribution in [2.45, 2.75) is 0 Å². The summed E-state index contributed by atoms with van der Waals surface area (Å²) in [6.07, 6.45) is 0. The first-order valence-corrected chi connectivity index (χ1v) is 6.52. The molecule has 66 valence electrons. The minimum Gasteiger partial charge on any atom is -0.351 e. The molecule has 1 aromatic rings. The van der Waals surface area contributed by atoms with Gasteiger partial charge in [0.1, 0.15) is 4.88 Å². The lowest BCUT2D eigenvalue weighted by Gasteiger charge is -1.99. The predicted molar refractivity (Wildman–Crippen MR) is 63.2 cm³/mol. The Morgan fingerprint density at radius 3 is 3.00 bits per heavy atom. The van der Waals surface area contributed by atoms with Gasteiger partial charge in [-0.25, -0.2) is 0 Å². The number of carbonyl (C=O) groups excluding carboxylic acids is 1. The molecule has 1 amide bonds. The van der Waals surface area contributed by atoms with Gasteiger partial charge in [0, 0.05) is 15.4 Å². The van der Waals surface area contributed by atoms with Crippen LogP contribution in [0.2, 0.25) is 0 Å². The third kappa shape index (κ3) is 2.70. The Labute approximate surface area is 97.0 Å². The van der Waals surface area contributed by atoms with Crippen LogP contribution >= 0.6 is 49.9 Å². The summed E-state index contributed by atoms with van der Waals surface area (Å²) >= 11 is 6.98. The van der Waals surface area contributed by atoms with Gasteiger partial charge in [0.25, 0.3) is 5.91 Å². The minimum absolute atomic E-state index is 0.00791. The molecule has 0 atom stereocenters. The fraction of sp³-hybridized carbons (Fsp3) is 0.286. The lowest BCUT2D eigenvalue weighted by Crippen LogP contribution is -2.24. The zero-order valence-corrected chi connectivity index (χ0v) is 10.7. The fourth-order valence-corrected chi connectivity index (χ4v) is 2.43. The quantitative estimate of drug-likeness (QED) is 0.652. The average Bonchev–Trinajstić information content (AvgIpc) is 2.47. The van der Waals surface area contributed by atoms with E-state index in [2.05, 4.69) is 43.8 Å². The van der Waals surface area contributed by atoms with Crippen LogP contribution in [0.3, 0.4) is 0 Å². The van der Waals surface area contributed by atoms with E-state index >= 15 is 0 Å². The number of rotatable bonds is 3. The molecule has 0 fully saturated rings. The van der Waals surface area contributed by atoms with Crippen molar-refractivity contribution in [3.63, 3.8) is 0 Å². The van der Waals surface area contributed by atoms with Gasteiger partial charge in [0.05, 0.1) is 0 Å². The van der Waals surface area contributed by atoms with Crippen molar-refractivity contribution in [1.82, 2.24) is 5.32 Å². The Morgan fingerprint density at radius 1 is 1.75 bits per heavy atom. The van der Waals surface area contributed by atoms with Gasteiger partial charge >= 0.3 is 0 Å². The molecule has 0 bridgehead atoms. The summed E-state index contributed by atoms with van der Waals surface area (Å²) < 4.78 is 1.81. The molecule has 0 radical (unpaired) electrons. The van der Waals surface area contributed by atoms with Gasteiger partial charge in [-0.3, -0.25) is 4.79 Å². The summed E-state index contributed by atoms with van der Waals surface area (Å²) in [5.41, 5.74) is 0. The van der Waals surface area contributed by atoms with Crippen molar-refractivity contribution >= 4 is 55.8 Å². The van der Waals surface area contributed by atoms with E-state index in [1.54, 1.807) is 0 Å². The SMILES string of the molecule is O=C(NCCI)c1sccc1Br. The van der Waals surface area contributed by atoms with E-state index in [1.165, 1.54) is 11.3 Å². The lowest BCUT2D eigenvalue weighted by atomic mass is 10.4. The molecule has 0 aliphatic carbocycles. The largest absolute Gasteiger partial charge is 0.351 e. The number of hydrogen-bond donors (Lipinski definition) is 1. The molecule has 0 aliphatic rings. The number of halogens is 2. The lowest BCUT2D eigenvalue weighted by molar-refractivity contribution is 0.0960. The fourth-order valence-electron chi connectivity index (χ4n) is 0.697. The molecular weight excluding hydrogens is 353 g/mol. The maximum atomic E-state index is 11.4. The number of alkyl halides is 1. The Morgan fingerprint density at radius 2 is 2.50 bits per heavy atom. The van der Waals surface area contributed by atoms with Gasteiger partial charge in [-0.1, -0.05) is 22.6 Å². The Bertz CT molecular complexity index is 276. The highest BCUT2D eigenvalue weighted by Crippen LogP contribution is 2.21. The average molecular weight is 360 g/mol. The molecular formula is C7H7BrINOS. The number of nitrogens with one attached hydrogen (secondary N) is 1. The van der Waals surface area contributed by atoms with Crippen LogP contribution in [0.4, 0.5) is 0 Å². The minimum atomic E-state index is 0.00791. The second-order valence-corrected chi connectivity index (χ2v) is 4.89. The van der Waals surface area contributed by atoms with E-state index < -0.39 is 0 Å². The van der Waals surface area contributed by atoms with Crippen LogP contribution < -0.4 is 5.32 Å². The van der Waals surface area contributed by atoms with E-state index in [0.29, 0.717) is 0 Å². The molecule has 1 aromatic heterocycles. The third-order valence-electron chi connectivity index (χ3n) is 1.20. The standard InChI is InChI=1S/C7H7BrINOS/c8-5-1-4-12-6(5)7(11)10-3-2-9/h1,4H,2-3H2,(H,10,11). The van der Waals surface area contributed by atoms with Crippen LogP contribution in [0.15, 0.2) is 15.9 Å². The van der Waals surface area contributed by atoms with Crippen molar-refractivity contribution in [2.75, 3.05) is 11.0 Å². The van der Waals surface area contributed by atoms with Crippen molar-refractivity contribution < 1.29 is 4.79 Å². The highest BCUT2D eigenvalue weighted by atomic mass is 127. The van der Waals surface area contributed by atoms with Gasteiger partial charge in [-0.15, -0.1) is 11.3 Å². The first-order chi connectivity index (χ1) is 5.75. The van der Waals surface area contributed by atoms with E-state index in [9.17, 15) is 4.79 Å². The van der Waals surface area contributed by atoms with Crippen molar-refractivity contribution in [2.24, 2.45) is 0 Å². The Kier molecular flexibility index (Phi) is 4.52. The summed E-state index contributed by atoms with van der Waals surface area (Å²) in [4.78, 5) is 12.1. The third-order valence-corrected chi connectivity index (χ3v) is 3.58. The summed E-state index contributed by atoms with van der Waals surface area (Å²) in [6.45, 7) is 0.726. The highest BCUT2D eigenvalue weighted by Gasteiger charge is 2.09. The molecule has 12 heavy (non-hydrogen) atoms. The van der Waals surface area contributed by atoms with Crippen molar-refractivity contribution in [3.8, 4) is 0 Å². The normalized spacial score (nSPS) is 9.83. The molecule has 0 saturated carbocycles. The van der Waals surface area contributed by atoms with Crippen molar-refractivity contribution in [3.05, 3.63) is 20.8 Å². The monoisotopic (exact) mass is 359 g/mol. The van der Waals surface area contributed by atoms with Crippen LogP contribution in [0.5, 0.6) is 0 Å². The second kappa shape index (κ2) is 5.18. The van der Waals surface area contributed by atoms with Crippen LogP contribution in [-0.2, 0) is 0 Å². The number of carbonyl (C=O) groups is 1. The van der Waals surface area contributed by atoms with Crippen LogP contribution in [0.25, 0.3) is 0 Å². The zero-order valence-electron chi connectivity index (χ0n) is 6.14. The zero-order chi connectivity index (χ0) is 8.97. The van der Waals surface area contributed by atoms with Crippen LogP contribution in [0, 0.1) is 0 Å². The van der Waals surface area contributed by atoms with E-state index in [1.807, 2.05) is 11.4 Å². The molecule has 1 N–H and O–H groups in total. The Balaban J connectivity index is 2.59. The molecule has 0 aromatic carbocycles. The first kappa shape index (κ1) is 10.5. The summed E-state index contributed by atoms with van der Waals surface area (Å²) in [6, 6.07) is 1.88. The highest BCUT2D eigenvalue weighted by molar-refractivity contribution is 14.1. The first-order valence-electron chi connectivity index (χ1n) is 3.33. The smallest absolute Gasteiger partial charge is 0.262 e.